The van der Waals surface area contributed by atoms with Crippen molar-refractivity contribution in [2.45, 2.75) is 0 Å². The Labute approximate surface area is 64.6 Å². The predicted molar refractivity (Wildman–Crippen MR) is 38.3 cm³/mol. The third-order valence-electron chi connectivity index (χ3n) is 0.242. The molecule has 0 aromatic heterocycles. The standard InChI is InChI=1S/C2H6O2.CH5N3O.ClH/c3-1-2-4;2-1(5)4-3;/h3-4H,1-2H2;3H2,(H3,2,4,5);1H. The number of amides is 2. The molecule has 0 atom stereocenters. The number of urea groups is 1. The van der Waals surface area contributed by atoms with Crippen LogP contribution in [0.3, 0.4) is 0 Å². The number of aliphatic hydroxyl groups is 2. The molecular formula is C3H12ClN3O3. The first-order valence-corrected chi connectivity index (χ1v) is 2.16. The van der Waals surface area contributed by atoms with E-state index in [1.54, 1.807) is 5.43 Å². The lowest BCUT2D eigenvalue weighted by Crippen LogP contribution is -2.34. The third-order valence-corrected chi connectivity index (χ3v) is 0.242. The lowest BCUT2D eigenvalue weighted by Gasteiger charge is -1.81. The highest BCUT2D eigenvalue weighted by molar-refractivity contribution is 5.85. The second kappa shape index (κ2) is 15.8. The number of primary amides is 1. The summed E-state index contributed by atoms with van der Waals surface area (Å²) in [4.78, 5) is 9.35. The maximum absolute atomic E-state index is 9.35. The van der Waals surface area contributed by atoms with Gasteiger partial charge in [0.15, 0.2) is 0 Å². The van der Waals surface area contributed by atoms with Gasteiger partial charge < -0.3 is 15.9 Å². The molecule has 0 unspecified atom stereocenters. The van der Waals surface area contributed by atoms with Gasteiger partial charge >= 0.3 is 6.03 Å². The number of carbonyl (C=O) groups excluding carboxylic acids is 1. The zero-order chi connectivity index (χ0) is 7.70. The van der Waals surface area contributed by atoms with E-state index in [0.717, 1.165) is 0 Å². The van der Waals surface area contributed by atoms with Crippen LogP contribution in [0, 0.1) is 0 Å². The Bertz CT molecular complexity index is 70.0. The molecule has 7 N–H and O–H groups in total. The Hall–Kier alpha value is -0.560. The van der Waals surface area contributed by atoms with Crippen LogP contribution in [0.2, 0.25) is 0 Å². The van der Waals surface area contributed by atoms with Gasteiger partial charge in [0, 0.05) is 0 Å². The molecule has 0 heterocycles. The summed E-state index contributed by atoms with van der Waals surface area (Å²) in [5.74, 6) is 4.45. The van der Waals surface area contributed by atoms with Gasteiger partial charge in [0.25, 0.3) is 0 Å². The van der Waals surface area contributed by atoms with Crippen LogP contribution in [-0.4, -0.2) is 29.5 Å². The quantitative estimate of drug-likeness (QED) is 0.178. The summed E-state index contributed by atoms with van der Waals surface area (Å²) in [5, 5.41) is 15.2. The van der Waals surface area contributed by atoms with Gasteiger partial charge in [0.05, 0.1) is 13.2 Å². The number of hydrogen-bond acceptors (Lipinski definition) is 4. The minimum Gasteiger partial charge on any atom is -0.394 e. The van der Waals surface area contributed by atoms with Crippen molar-refractivity contribution in [3.8, 4) is 0 Å². The summed E-state index contributed by atoms with van der Waals surface area (Å²) in [6.07, 6.45) is 0. The molecule has 0 rings (SSSR count). The number of rotatable bonds is 1. The van der Waals surface area contributed by atoms with Crippen molar-refractivity contribution in [3.63, 3.8) is 0 Å². The first-order chi connectivity index (χ1) is 4.18. The van der Waals surface area contributed by atoms with E-state index in [0.29, 0.717) is 0 Å². The van der Waals surface area contributed by atoms with Crippen molar-refractivity contribution in [2.75, 3.05) is 13.2 Å². The Balaban J connectivity index is -0.0000000910. The maximum atomic E-state index is 9.35. The fourth-order valence-corrected chi connectivity index (χ4v) is 0. The zero-order valence-electron chi connectivity index (χ0n) is 5.28. The first kappa shape index (κ1) is 16.2. The SMILES string of the molecule is Cl.NNC(N)=O.OCCO. The second-order valence-electron chi connectivity index (χ2n) is 0.956. The summed E-state index contributed by atoms with van der Waals surface area (Å²) >= 11 is 0. The first-order valence-electron chi connectivity index (χ1n) is 2.16. The minimum absolute atomic E-state index is 0. The lowest BCUT2D eigenvalue weighted by atomic mass is 10.8. The molecule has 0 radical (unpaired) electrons. The Morgan fingerprint density at radius 1 is 1.40 bits per heavy atom. The molecule has 2 amide bonds. The van der Waals surface area contributed by atoms with Crippen molar-refractivity contribution in [1.82, 2.24) is 5.43 Å². The van der Waals surface area contributed by atoms with Gasteiger partial charge in [-0.25, -0.2) is 10.6 Å². The molecule has 0 bridgehead atoms. The Kier molecular flexibility index (Phi) is 25.6. The molecule has 7 heteroatoms. The topological polar surface area (TPSA) is 122 Å². The Morgan fingerprint density at radius 2 is 1.60 bits per heavy atom. The summed E-state index contributed by atoms with van der Waals surface area (Å²) in [5.41, 5.74) is 6.08. The lowest BCUT2D eigenvalue weighted by molar-refractivity contribution is 0.186. The van der Waals surface area contributed by atoms with Crippen LogP contribution in [-0.2, 0) is 0 Å². The molecule has 6 nitrogen and oxygen atoms in total. The van der Waals surface area contributed by atoms with E-state index in [9.17, 15) is 4.79 Å². The van der Waals surface area contributed by atoms with Crippen LogP contribution in [0.25, 0.3) is 0 Å². The number of nitrogens with one attached hydrogen (secondary N) is 1. The molecule has 10 heavy (non-hydrogen) atoms. The molecule has 0 saturated carbocycles. The van der Waals surface area contributed by atoms with Gasteiger partial charge in [-0.15, -0.1) is 12.4 Å². The van der Waals surface area contributed by atoms with Crippen molar-refractivity contribution in [2.24, 2.45) is 11.6 Å². The summed E-state index contributed by atoms with van der Waals surface area (Å²) in [7, 11) is 0. The van der Waals surface area contributed by atoms with Gasteiger partial charge in [-0.1, -0.05) is 0 Å². The fourth-order valence-electron chi connectivity index (χ4n) is 0. The summed E-state index contributed by atoms with van der Waals surface area (Å²) < 4.78 is 0. The van der Waals surface area contributed by atoms with Crippen LogP contribution >= 0.6 is 12.4 Å². The average Bonchev–Trinajstić information content (AvgIpc) is 1.89. The van der Waals surface area contributed by atoms with Crippen molar-refractivity contribution >= 4 is 18.4 Å². The molecule has 64 valence electrons. The molecule has 0 fully saturated rings. The van der Waals surface area contributed by atoms with Crippen LogP contribution < -0.4 is 17.0 Å². The smallest absolute Gasteiger partial charge is 0.326 e. The van der Waals surface area contributed by atoms with Gasteiger partial charge in [-0.3, -0.25) is 5.43 Å². The molecule has 0 saturated heterocycles. The van der Waals surface area contributed by atoms with E-state index in [-0.39, 0.29) is 25.6 Å². The van der Waals surface area contributed by atoms with Crippen molar-refractivity contribution in [3.05, 3.63) is 0 Å². The van der Waals surface area contributed by atoms with E-state index in [2.05, 4.69) is 11.6 Å². The van der Waals surface area contributed by atoms with Crippen LogP contribution in [0.4, 0.5) is 4.79 Å². The van der Waals surface area contributed by atoms with Gasteiger partial charge in [0.2, 0.25) is 0 Å². The molecule has 0 aliphatic carbocycles. The van der Waals surface area contributed by atoms with Gasteiger partial charge in [-0.2, -0.15) is 0 Å². The minimum atomic E-state index is -0.718. The molecule has 0 aliphatic rings. The largest absolute Gasteiger partial charge is 0.394 e. The Morgan fingerprint density at radius 3 is 1.60 bits per heavy atom. The second-order valence-corrected chi connectivity index (χ2v) is 0.956. The highest BCUT2D eigenvalue weighted by atomic mass is 35.5. The molecule has 0 spiro atoms. The van der Waals surface area contributed by atoms with Crippen LogP contribution in [0.5, 0.6) is 0 Å². The summed E-state index contributed by atoms with van der Waals surface area (Å²) in [6, 6.07) is -0.718. The van der Waals surface area contributed by atoms with E-state index < -0.39 is 6.03 Å². The van der Waals surface area contributed by atoms with E-state index in [4.69, 9.17) is 10.2 Å². The van der Waals surface area contributed by atoms with Crippen molar-refractivity contribution < 1.29 is 15.0 Å². The predicted octanol–water partition coefficient (Wildman–Crippen LogP) is -2.08. The number of halogens is 1. The van der Waals surface area contributed by atoms with E-state index in [1.807, 2.05) is 0 Å². The molecular weight excluding hydrogens is 162 g/mol. The van der Waals surface area contributed by atoms with Gasteiger partial charge in [0.1, 0.15) is 0 Å². The van der Waals surface area contributed by atoms with Gasteiger partial charge in [-0.05, 0) is 0 Å². The van der Waals surface area contributed by atoms with E-state index in [1.165, 1.54) is 0 Å². The maximum Gasteiger partial charge on any atom is 0.326 e. The highest BCUT2D eigenvalue weighted by Gasteiger charge is 1.73. The van der Waals surface area contributed by atoms with Crippen LogP contribution in [0.15, 0.2) is 0 Å². The highest BCUT2D eigenvalue weighted by Crippen LogP contribution is 1.39. The molecule has 0 aliphatic heterocycles. The number of carbonyl (C=O) groups is 1. The number of hydrazine groups is 1. The average molecular weight is 174 g/mol. The number of hydrogen-bond donors (Lipinski definition) is 5. The third kappa shape index (κ3) is 51.8. The molecule has 0 aromatic rings. The zero-order valence-corrected chi connectivity index (χ0v) is 6.10. The summed E-state index contributed by atoms with van der Waals surface area (Å²) in [6.45, 7) is -0.250. The van der Waals surface area contributed by atoms with E-state index >= 15 is 0 Å². The van der Waals surface area contributed by atoms with Crippen molar-refractivity contribution in [1.29, 1.82) is 0 Å². The fraction of sp³-hybridized carbons (Fsp3) is 0.667. The molecule has 0 aromatic carbocycles. The normalized spacial score (nSPS) is 6.30. The number of aliphatic hydroxyl groups excluding tert-OH is 2. The monoisotopic (exact) mass is 173 g/mol. The van der Waals surface area contributed by atoms with Crippen LogP contribution in [0.1, 0.15) is 0 Å². The number of nitrogens with two attached hydrogens (primary N) is 2.